The van der Waals surface area contributed by atoms with Crippen molar-refractivity contribution in [2.45, 2.75) is 5.41 Å². The number of furan rings is 1. The van der Waals surface area contributed by atoms with Gasteiger partial charge in [0.2, 0.25) is 0 Å². The van der Waals surface area contributed by atoms with Crippen molar-refractivity contribution in [3.8, 4) is 67.5 Å². The summed E-state index contributed by atoms with van der Waals surface area (Å²) >= 11 is 0. The molecule has 0 unspecified atom stereocenters. The molecule has 0 N–H and O–H groups in total. The van der Waals surface area contributed by atoms with Crippen molar-refractivity contribution in [1.82, 2.24) is 15.0 Å². The van der Waals surface area contributed by atoms with Crippen molar-refractivity contribution in [3.63, 3.8) is 0 Å². The predicted octanol–water partition coefficient (Wildman–Crippen LogP) is 12.8. The molecule has 0 atom stereocenters. The Kier molecular flexibility index (Phi) is 6.52. The lowest BCUT2D eigenvalue weighted by Crippen LogP contribution is -2.25. The van der Waals surface area contributed by atoms with Crippen LogP contribution in [0.1, 0.15) is 22.3 Å². The number of rotatable bonds is 4. The van der Waals surface area contributed by atoms with Crippen LogP contribution >= 0.6 is 0 Å². The van der Waals surface area contributed by atoms with Gasteiger partial charge >= 0.3 is 0 Å². The number of para-hydroxylation sites is 2. The Morgan fingerprint density at radius 3 is 1.36 bits per heavy atom. The third-order valence-electron chi connectivity index (χ3n) is 11.8. The Bertz CT molecular complexity index is 3140. The summed E-state index contributed by atoms with van der Waals surface area (Å²) < 4.78 is 6.84. The summed E-state index contributed by atoms with van der Waals surface area (Å²) in [6, 6.07) is 66.6. The summed E-state index contributed by atoms with van der Waals surface area (Å²) in [7, 11) is 0. The monoisotopic (exact) mass is 713 g/mol. The average Bonchev–Trinajstić information content (AvgIpc) is 3.91. The van der Waals surface area contributed by atoms with Crippen LogP contribution in [0.5, 0.6) is 0 Å². The molecule has 0 fully saturated rings. The van der Waals surface area contributed by atoms with Gasteiger partial charge < -0.3 is 4.42 Å². The van der Waals surface area contributed by atoms with Crippen LogP contribution in [0.4, 0.5) is 0 Å². The van der Waals surface area contributed by atoms with E-state index in [0.29, 0.717) is 17.5 Å². The molecule has 10 aromatic rings. The van der Waals surface area contributed by atoms with Crippen LogP contribution in [-0.2, 0) is 5.41 Å². The molecular formula is C52H31N3O. The largest absolute Gasteiger partial charge is 0.455 e. The summed E-state index contributed by atoms with van der Waals surface area (Å²) in [4.78, 5) is 15.7. The zero-order chi connectivity index (χ0) is 36.8. The van der Waals surface area contributed by atoms with Gasteiger partial charge in [-0.15, -0.1) is 0 Å². The lowest BCUT2D eigenvalue weighted by molar-refractivity contribution is 0.670. The van der Waals surface area contributed by atoms with Crippen LogP contribution in [-0.4, -0.2) is 15.0 Å². The second-order valence-corrected chi connectivity index (χ2v) is 14.7. The van der Waals surface area contributed by atoms with Crippen LogP contribution in [0, 0.1) is 0 Å². The third kappa shape index (κ3) is 4.27. The number of benzene rings is 8. The lowest BCUT2D eigenvalue weighted by Gasteiger charge is -2.30. The van der Waals surface area contributed by atoms with Crippen molar-refractivity contribution < 1.29 is 4.42 Å². The van der Waals surface area contributed by atoms with Crippen molar-refractivity contribution >= 4 is 21.9 Å². The minimum Gasteiger partial charge on any atom is -0.455 e. The van der Waals surface area contributed by atoms with E-state index in [4.69, 9.17) is 19.4 Å². The van der Waals surface area contributed by atoms with Gasteiger partial charge in [-0.25, -0.2) is 15.0 Å². The topological polar surface area (TPSA) is 51.8 Å². The summed E-state index contributed by atoms with van der Waals surface area (Å²) in [5, 5.41) is 2.08. The normalized spacial score (nSPS) is 13.1. The highest BCUT2D eigenvalue weighted by atomic mass is 16.3. The maximum atomic E-state index is 6.84. The Labute approximate surface area is 323 Å². The van der Waals surface area contributed by atoms with E-state index in [0.717, 1.165) is 49.8 Å². The molecule has 1 spiro atoms. The van der Waals surface area contributed by atoms with Gasteiger partial charge in [0.15, 0.2) is 17.5 Å². The molecule has 0 bridgehead atoms. The standard InChI is InChI=1S/C52H31N3O/c1-3-15-32(16-4-1)35-22-13-23-40-41-24-14-25-42(48(41)56-47(35)40)51-54-49(33-17-5-2-6-18-33)53-50(55-51)34-29-30-39-38-21-9-12-28-45(38)52(46(39)31-34)43-26-10-7-19-36(43)37-20-8-11-27-44(37)52/h1-31H. The fourth-order valence-corrected chi connectivity index (χ4v) is 9.42. The van der Waals surface area contributed by atoms with Gasteiger partial charge in [0.05, 0.1) is 11.0 Å². The van der Waals surface area contributed by atoms with Crippen molar-refractivity contribution in [2.24, 2.45) is 0 Å². The summed E-state index contributed by atoms with van der Waals surface area (Å²) in [5.41, 5.74) is 16.2. The van der Waals surface area contributed by atoms with Crippen LogP contribution in [0.3, 0.4) is 0 Å². The van der Waals surface area contributed by atoms with E-state index in [-0.39, 0.29) is 0 Å². The molecule has 2 aliphatic rings. The van der Waals surface area contributed by atoms with Gasteiger partial charge in [0.1, 0.15) is 11.2 Å². The molecule has 4 heteroatoms. The van der Waals surface area contributed by atoms with E-state index in [1.54, 1.807) is 0 Å². The maximum absolute atomic E-state index is 6.84. The van der Waals surface area contributed by atoms with Gasteiger partial charge in [-0.3, -0.25) is 0 Å². The first kappa shape index (κ1) is 31.0. The Balaban J connectivity index is 1.10. The van der Waals surface area contributed by atoms with E-state index in [2.05, 4.69) is 164 Å². The summed E-state index contributed by atoms with van der Waals surface area (Å²) in [5.74, 6) is 1.79. The van der Waals surface area contributed by atoms with Gasteiger partial charge in [0.25, 0.3) is 0 Å². The van der Waals surface area contributed by atoms with Crippen molar-refractivity contribution in [2.75, 3.05) is 0 Å². The summed E-state index contributed by atoms with van der Waals surface area (Å²) in [6.45, 7) is 0. The number of hydrogen-bond acceptors (Lipinski definition) is 4. The number of aromatic nitrogens is 3. The zero-order valence-electron chi connectivity index (χ0n) is 30.1. The van der Waals surface area contributed by atoms with Gasteiger partial charge in [-0.05, 0) is 62.2 Å². The van der Waals surface area contributed by atoms with Crippen LogP contribution in [0.25, 0.3) is 89.5 Å². The zero-order valence-corrected chi connectivity index (χ0v) is 30.1. The Morgan fingerprint density at radius 1 is 0.304 bits per heavy atom. The molecule has 0 radical (unpaired) electrons. The lowest BCUT2D eigenvalue weighted by atomic mass is 9.70. The molecule has 12 rings (SSSR count). The van der Waals surface area contributed by atoms with E-state index >= 15 is 0 Å². The smallest absolute Gasteiger partial charge is 0.167 e. The average molecular weight is 714 g/mol. The second kappa shape index (κ2) is 11.8. The number of nitrogens with zero attached hydrogens (tertiary/aromatic N) is 3. The SMILES string of the molecule is c1ccc(-c2nc(-c3ccc4c(c3)C3(c5ccccc5-c5ccccc53)c3ccccc3-4)nc(-c3cccc4c3oc3c(-c5ccccc5)cccc34)n2)cc1. The van der Waals surface area contributed by atoms with E-state index in [1.165, 1.54) is 44.5 Å². The quantitative estimate of drug-likeness (QED) is 0.182. The molecule has 0 saturated heterocycles. The third-order valence-corrected chi connectivity index (χ3v) is 11.8. The van der Waals surface area contributed by atoms with Crippen LogP contribution < -0.4 is 0 Å². The minimum atomic E-state index is -0.469. The highest BCUT2D eigenvalue weighted by Gasteiger charge is 2.51. The maximum Gasteiger partial charge on any atom is 0.167 e. The fourth-order valence-electron chi connectivity index (χ4n) is 9.42. The fraction of sp³-hybridized carbons (Fsp3) is 0.0192. The molecule has 56 heavy (non-hydrogen) atoms. The highest BCUT2D eigenvalue weighted by Crippen LogP contribution is 2.63. The van der Waals surface area contributed by atoms with Crippen molar-refractivity contribution in [3.05, 3.63) is 210 Å². The number of hydrogen-bond donors (Lipinski definition) is 0. The molecule has 2 heterocycles. The van der Waals surface area contributed by atoms with Crippen LogP contribution in [0.2, 0.25) is 0 Å². The highest BCUT2D eigenvalue weighted by molar-refractivity contribution is 6.12. The molecule has 2 aliphatic carbocycles. The molecule has 0 amide bonds. The molecule has 8 aromatic carbocycles. The first-order valence-corrected chi connectivity index (χ1v) is 19.0. The minimum absolute atomic E-state index is 0.469. The molecule has 2 aromatic heterocycles. The first-order valence-electron chi connectivity index (χ1n) is 19.0. The Hall–Kier alpha value is -7.43. The van der Waals surface area contributed by atoms with Crippen LogP contribution in [0.15, 0.2) is 192 Å². The first-order chi connectivity index (χ1) is 27.8. The van der Waals surface area contributed by atoms with E-state index in [9.17, 15) is 0 Å². The molecule has 0 saturated carbocycles. The van der Waals surface area contributed by atoms with Gasteiger partial charge in [-0.2, -0.15) is 0 Å². The molecule has 4 nitrogen and oxygen atoms in total. The molecule has 0 aliphatic heterocycles. The van der Waals surface area contributed by atoms with Crippen molar-refractivity contribution in [1.29, 1.82) is 0 Å². The second-order valence-electron chi connectivity index (χ2n) is 14.7. The van der Waals surface area contributed by atoms with E-state index in [1.807, 2.05) is 24.3 Å². The van der Waals surface area contributed by atoms with E-state index < -0.39 is 5.41 Å². The van der Waals surface area contributed by atoms with Gasteiger partial charge in [0, 0.05) is 27.5 Å². The molecule has 260 valence electrons. The molecular weight excluding hydrogens is 683 g/mol. The summed E-state index contributed by atoms with van der Waals surface area (Å²) in [6.07, 6.45) is 0. The predicted molar refractivity (Wildman–Crippen MR) is 225 cm³/mol. The number of fused-ring (bicyclic) bond motifs is 13. The van der Waals surface area contributed by atoms with Gasteiger partial charge in [-0.1, -0.05) is 176 Å². The Morgan fingerprint density at radius 2 is 0.750 bits per heavy atom.